The van der Waals surface area contributed by atoms with Crippen LogP contribution in [0.15, 0.2) is 35.2 Å². The monoisotopic (exact) mass is 277 g/mol. The minimum Gasteiger partial charge on any atom is -0.330 e. The van der Waals surface area contributed by atoms with Crippen molar-refractivity contribution in [2.45, 2.75) is 50.8 Å². The Hall–Kier alpha value is -0.470. The lowest BCUT2D eigenvalue weighted by Gasteiger charge is -2.43. The zero-order valence-electron chi connectivity index (χ0n) is 12.3. The predicted molar refractivity (Wildman–Crippen MR) is 85.5 cm³/mol. The maximum atomic E-state index is 6.10. The lowest BCUT2D eigenvalue weighted by molar-refractivity contribution is 0.105. The van der Waals surface area contributed by atoms with E-state index in [4.69, 9.17) is 5.73 Å². The summed E-state index contributed by atoms with van der Waals surface area (Å²) in [7, 11) is 0. The number of benzene rings is 1. The third-order valence-electron chi connectivity index (χ3n) is 4.74. The van der Waals surface area contributed by atoms with Gasteiger partial charge in [0.25, 0.3) is 0 Å². The maximum absolute atomic E-state index is 6.10. The quantitative estimate of drug-likeness (QED) is 0.788. The van der Waals surface area contributed by atoms with Gasteiger partial charge in [-0.1, -0.05) is 32.0 Å². The lowest BCUT2D eigenvalue weighted by atomic mass is 9.64. The molecule has 0 saturated heterocycles. The fraction of sp³-hybridized carbons (Fsp3) is 0.647. The average Bonchev–Trinajstić information content (AvgIpc) is 2.42. The molecule has 0 amide bonds. The SMILES string of the molecule is CC1(C)CCC(CN)(CCSc2ccccc2)CC1. The molecule has 0 unspecified atom stereocenters. The van der Waals surface area contributed by atoms with Crippen LogP contribution in [0.25, 0.3) is 0 Å². The summed E-state index contributed by atoms with van der Waals surface area (Å²) in [5.74, 6) is 1.20. The molecule has 2 rings (SSSR count). The number of thioether (sulfide) groups is 1. The number of hydrogen-bond acceptors (Lipinski definition) is 2. The smallest absolute Gasteiger partial charge is 0.00719 e. The second-order valence-corrected chi connectivity index (χ2v) is 7.95. The summed E-state index contributed by atoms with van der Waals surface area (Å²) in [5, 5.41) is 0. The molecule has 19 heavy (non-hydrogen) atoms. The molecule has 0 heterocycles. The highest BCUT2D eigenvalue weighted by atomic mass is 32.2. The van der Waals surface area contributed by atoms with Crippen molar-refractivity contribution in [1.29, 1.82) is 0 Å². The molecule has 1 aliphatic carbocycles. The summed E-state index contributed by atoms with van der Waals surface area (Å²) in [4.78, 5) is 1.38. The van der Waals surface area contributed by atoms with Gasteiger partial charge in [-0.25, -0.2) is 0 Å². The molecule has 0 aromatic heterocycles. The van der Waals surface area contributed by atoms with Gasteiger partial charge in [-0.3, -0.25) is 0 Å². The van der Waals surface area contributed by atoms with Crippen LogP contribution in [0.2, 0.25) is 0 Å². The van der Waals surface area contributed by atoms with E-state index >= 15 is 0 Å². The zero-order chi connectivity index (χ0) is 13.8. The van der Waals surface area contributed by atoms with Crippen molar-refractivity contribution in [2.75, 3.05) is 12.3 Å². The molecule has 1 saturated carbocycles. The lowest BCUT2D eigenvalue weighted by Crippen LogP contribution is -2.37. The Labute approximate surface area is 122 Å². The van der Waals surface area contributed by atoms with Crippen molar-refractivity contribution < 1.29 is 0 Å². The van der Waals surface area contributed by atoms with E-state index in [1.165, 1.54) is 42.8 Å². The van der Waals surface area contributed by atoms with Gasteiger partial charge in [0.1, 0.15) is 0 Å². The first kappa shape index (κ1) is 14.9. The van der Waals surface area contributed by atoms with Crippen molar-refractivity contribution in [1.82, 2.24) is 0 Å². The van der Waals surface area contributed by atoms with Crippen molar-refractivity contribution >= 4 is 11.8 Å². The van der Waals surface area contributed by atoms with Crippen LogP contribution in [0.3, 0.4) is 0 Å². The molecule has 1 nitrogen and oxygen atoms in total. The highest BCUT2D eigenvalue weighted by Crippen LogP contribution is 2.46. The normalized spacial score (nSPS) is 21.2. The first-order chi connectivity index (χ1) is 9.05. The van der Waals surface area contributed by atoms with Crippen LogP contribution in [0.4, 0.5) is 0 Å². The molecule has 1 aromatic rings. The van der Waals surface area contributed by atoms with Crippen molar-refractivity contribution in [2.24, 2.45) is 16.6 Å². The van der Waals surface area contributed by atoms with Crippen molar-refractivity contribution in [3.8, 4) is 0 Å². The summed E-state index contributed by atoms with van der Waals surface area (Å²) in [6.45, 7) is 5.65. The van der Waals surface area contributed by atoms with Crippen LogP contribution in [0.5, 0.6) is 0 Å². The van der Waals surface area contributed by atoms with Gasteiger partial charge in [0, 0.05) is 4.90 Å². The molecule has 0 atom stereocenters. The third kappa shape index (κ3) is 4.25. The van der Waals surface area contributed by atoms with Crippen LogP contribution in [0.1, 0.15) is 46.0 Å². The topological polar surface area (TPSA) is 26.0 Å². The molecule has 2 N–H and O–H groups in total. The molecule has 0 bridgehead atoms. The summed E-state index contributed by atoms with van der Waals surface area (Å²) in [6, 6.07) is 10.7. The molecule has 106 valence electrons. The van der Waals surface area contributed by atoms with E-state index in [-0.39, 0.29) is 0 Å². The standard InChI is InChI=1S/C17H27NS/c1-16(2)8-10-17(14-18,11-9-16)12-13-19-15-6-4-3-5-7-15/h3-7H,8-14,18H2,1-2H3. The minimum absolute atomic E-state index is 0.414. The number of rotatable bonds is 5. The zero-order valence-corrected chi connectivity index (χ0v) is 13.1. The molecule has 1 fully saturated rings. The fourth-order valence-corrected chi connectivity index (χ4v) is 4.04. The first-order valence-electron chi connectivity index (χ1n) is 7.43. The Kier molecular flexibility index (Phi) is 4.97. The minimum atomic E-state index is 0.414. The molecule has 1 aliphatic rings. The van der Waals surface area contributed by atoms with Gasteiger partial charge in [0.2, 0.25) is 0 Å². The molecule has 0 radical (unpaired) electrons. The molecular weight excluding hydrogens is 250 g/mol. The Bertz CT molecular complexity index is 376. The number of nitrogens with two attached hydrogens (primary N) is 1. The second kappa shape index (κ2) is 6.32. The van der Waals surface area contributed by atoms with Gasteiger partial charge in [-0.15, -0.1) is 11.8 Å². The van der Waals surface area contributed by atoms with E-state index < -0.39 is 0 Å². The van der Waals surface area contributed by atoms with Crippen LogP contribution >= 0.6 is 11.8 Å². The molecular formula is C17H27NS. The summed E-state index contributed by atoms with van der Waals surface area (Å²) < 4.78 is 0. The third-order valence-corrected chi connectivity index (χ3v) is 5.76. The van der Waals surface area contributed by atoms with Gasteiger partial charge in [-0.2, -0.15) is 0 Å². The van der Waals surface area contributed by atoms with E-state index in [1.54, 1.807) is 0 Å². The van der Waals surface area contributed by atoms with E-state index in [2.05, 4.69) is 44.2 Å². The average molecular weight is 277 g/mol. The fourth-order valence-electron chi connectivity index (χ4n) is 2.92. The highest BCUT2D eigenvalue weighted by molar-refractivity contribution is 7.99. The molecule has 0 aliphatic heterocycles. The molecule has 1 aromatic carbocycles. The van der Waals surface area contributed by atoms with Crippen molar-refractivity contribution in [3.05, 3.63) is 30.3 Å². The van der Waals surface area contributed by atoms with Crippen LogP contribution in [0, 0.1) is 10.8 Å². The van der Waals surface area contributed by atoms with E-state index in [1.807, 2.05) is 11.8 Å². The van der Waals surface area contributed by atoms with Gasteiger partial charge in [-0.05, 0) is 67.4 Å². The van der Waals surface area contributed by atoms with Gasteiger partial charge in [0.05, 0.1) is 0 Å². The molecule has 2 heteroatoms. The van der Waals surface area contributed by atoms with Gasteiger partial charge < -0.3 is 5.73 Å². The van der Waals surface area contributed by atoms with E-state index in [0.29, 0.717) is 10.8 Å². The number of hydrogen-bond donors (Lipinski definition) is 1. The van der Waals surface area contributed by atoms with E-state index in [9.17, 15) is 0 Å². The van der Waals surface area contributed by atoms with Crippen molar-refractivity contribution in [3.63, 3.8) is 0 Å². The van der Waals surface area contributed by atoms with Gasteiger partial charge in [0.15, 0.2) is 0 Å². The predicted octanol–water partition coefficient (Wildman–Crippen LogP) is 4.71. The Morgan fingerprint density at radius 3 is 2.26 bits per heavy atom. The van der Waals surface area contributed by atoms with Crippen LogP contribution < -0.4 is 5.73 Å². The van der Waals surface area contributed by atoms with Crippen LogP contribution in [-0.4, -0.2) is 12.3 Å². The summed E-state index contributed by atoms with van der Waals surface area (Å²) >= 11 is 1.97. The van der Waals surface area contributed by atoms with Gasteiger partial charge >= 0.3 is 0 Å². The Balaban J connectivity index is 1.83. The highest BCUT2D eigenvalue weighted by Gasteiger charge is 2.36. The van der Waals surface area contributed by atoms with Crippen LogP contribution in [-0.2, 0) is 0 Å². The largest absolute Gasteiger partial charge is 0.330 e. The van der Waals surface area contributed by atoms with E-state index in [0.717, 1.165) is 6.54 Å². The first-order valence-corrected chi connectivity index (χ1v) is 8.42. The maximum Gasteiger partial charge on any atom is 0.00719 e. The molecule has 0 spiro atoms. The summed E-state index contributed by atoms with van der Waals surface area (Å²) in [6.07, 6.45) is 6.55. The Morgan fingerprint density at radius 1 is 1.05 bits per heavy atom. The second-order valence-electron chi connectivity index (χ2n) is 6.78. The summed E-state index contributed by atoms with van der Waals surface area (Å²) in [5.41, 5.74) is 7.04. The Morgan fingerprint density at radius 2 is 1.68 bits per heavy atom.